The number of halogens is 1. The van der Waals surface area contributed by atoms with E-state index in [4.69, 9.17) is 11.6 Å². The summed E-state index contributed by atoms with van der Waals surface area (Å²) in [7, 11) is 0. The van der Waals surface area contributed by atoms with Crippen molar-refractivity contribution in [3.8, 4) is 27.9 Å². The van der Waals surface area contributed by atoms with Gasteiger partial charge in [0, 0.05) is 17.2 Å². The van der Waals surface area contributed by atoms with Crippen LogP contribution in [0.2, 0.25) is 5.02 Å². The smallest absolute Gasteiger partial charge is 0.335 e. The Morgan fingerprint density at radius 3 is 2.38 bits per heavy atom. The second-order valence-corrected chi connectivity index (χ2v) is 10.7. The molecule has 1 aliphatic carbocycles. The number of carboxylic acids is 1. The minimum absolute atomic E-state index is 0.0707. The van der Waals surface area contributed by atoms with Crippen molar-refractivity contribution in [2.24, 2.45) is 0 Å². The molecule has 7 rings (SSSR count). The Morgan fingerprint density at radius 2 is 1.70 bits per heavy atom. The SMILES string of the molecule is Cc1ccc(C2CC23C(=O)Nc2cc(Cl)c(-c4ccc(-c5ccc(-n6cnnn6)cc5)cc4)cc23)cc1C(=O)O. The number of nitrogens with one attached hydrogen (secondary N) is 1. The predicted molar refractivity (Wildman–Crippen MR) is 151 cm³/mol. The molecule has 1 spiro atoms. The largest absolute Gasteiger partial charge is 0.478 e. The molecule has 8 nitrogen and oxygen atoms in total. The molecule has 0 saturated heterocycles. The van der Waals surface area contributed by atoms with E-state index in [2.05, 4.69) is 20.8 Å². The summed E-state index contributed by atoms with van der Waals surface area (Å²) in [5, 5.41) is 24.4. The molecular formula is C31H22ClN5O3. The molecule has 2 atom stereocenters. The molecule has 1 aromatic heterocycles. The van der Waals surface area contributed by atoms with Crippen molar-refractivity contribution in [2.45, 2.75) is 24.7 Å². The van der Waals surface area contributed by atoms with Crippen molar-refractivity contribution in [3.05, 3.63) is 112 Å². The number of carbonyl (C=O) groups is 2. The normalized spacial score (nSPS) is 18.9. The zero-order valence-electron chi connectivity index (χ0n) is 21.3. The minimum Gasteiger partial charge on any atom is -0.478 e. The number of tetrazole rings is 1. The number of carboxylic acid groups (broad SMARTS) is 1. The average Bonchev–Trinajstić information content (AvgIpc) is 3.34. The van der Waals surface area contributed by atoms with E-state index in [1.165, 1.54) is 0 Å². The third-order valence-corrected chi connectivity index (χ3v) is 8.42. The van der Waals surface area contributed by atoms with E-state index >= 15 is 0 Å². The van der Waals surface area contributed by atoms with E-state index in [0.717, 1.165) is 39.1 Å². The number of rotatable bonds is 5. The van der Waals surface area contributed by atoms with Gasteiger partial charge in [0.25, 0.3) is 0 Å². The van der Waals surface area contributed by atoms with Gasteiger partial charge in [-0.3, -0.25) is 4.79 Å². The van der Waals surface area contributed by atoms with Crippen LogP contribution in [-0.2, 0) is 10.2 Å². The van der Waals surface area contributed by atoms with E-state index in [1.54, 1.807) is 24.0 Å². The maximum atomic E-state index is 13.3. The van der Waals surface area contributed by atoms with Crippen LogP contribution in [0.15, 0.2) is 85.2 Å². The molecule has 2 unspecified atom stereocenters. The molecule has 2 N–H and O–H groups in total. The second kappa shape index (κ2) is 8.86. The molecule has 40 heavy (non-hydrogen) atoms. The van der Waals surface area contributed by atoms with Crippen LogP contribution >= 0.6 is 11.6 Å². The molecule has 5 aromatic rings. The fourth-order valence-electron chi connectivity index (χ4n) is 5.85. The first-order valence-corrected chi connectivity index (χ1v) is 13.2. The summed E-state index contributed by atoms with van der Waals surface area (Å²) in [6.07, 6.45) is 2.17. The van der Waals surface area contributed by atoms with Crippen molar-refractivity contribution in [3.63, 3.8) is 0 Å². The quantitative estimate of drug-likeness (QED) is 0.278. The van der Waals surface area contributed by atoms with Crippen molar-refractivity contribution in [1.29, 1.82) is 0 Å². The highest BCUT2D eigenvalue weighted by Gasteiger charge is 2.65. The fraction of sp³-hybridized carbons (Fsp3) is 0.129. The highest BCUT2D eigenvalue weighted by Crippen LogP contribution is 2.65. The number of aryl methyl sites for hydroxylation is 1. The maximum absolute atomic E-state index is 13.3. The molecule has 4 aromatic carbocycles. The van der Waals surface area contributed by atoms with Crippen LogP contribution in [0.5, 0.6) is 0 Å². The fourth-order valence-corrected chi connectivity index (χ4v) is 6.13. The molecule has 0 radical (unpaired) electrons. The van der Waals surface area contributed by atoms with Gasteiger partial charge in [-0.2, -0.15) is 0 Å². The Balaban J connectivity index is 1.20. The van der Waals surface area contributed by atoms with Gasteiger partial charge in [-0.15, -0.1) is 5.10 Å². The van der Waals surface area contributed by atoms with Gasteiger partial charge in [-0.1, -0.05) is 60.1 Å². The number of benzene rings is 4. The molecule has 1 saturated carbocycles. The van der Waals surface area contributed by atoms with Gasteiger partial charge in [0.15, 0.2) is 0 Å². The topological polar surface area (TPSA) is 110 Å². The zero-order chi connectivity index (χ0) is 27.6. The molecule has 1 fully saturated rings. The van der Waals surface area contributed by atoms with Crippen molar-refractivity contribution in [1.82, 2.24) is 20.2 Å². The summed E-state index contributed by atoms with van der Waals surface area (Å²) in [5.74, 6) is -1.13. The van der Waals surface area contributed by atoms with Crippen LogP contribution in [0.25, 0.3) is 27.9 Å². The van der Waals surface area contributed by atoms with Crippen LogP contribution in [-0.4, -0.2) is 37.2 Å². The van der Waals surface area contributed by atoms with E-state index in [0.29, 0.717) is 22.7 Å². The van der Waals surface area contributed by atoms with Crippen molar-refractivity contribution < 1.29 is 14.7 Å². The van der Waals surface area contributed by atoms with E-state index in [9.17, 15) is 14.7 Å². The predicted octanol–water partition coefficient (Wildman–Crippen LogP) is 6.03. The number of nitrogens with zero attached hydrogens (tertiary/aromatic N) is 4. The molecule has 196 valence electrons. The van der Waals surface area contributed by atoms with E-state index in [-0.39, 0.29) is 17.4 Å². The first-order valence-electron chi connectivity index (χ1n) is 12.8. The number of hydrogen-bond donors (Lipinski definition) is 2. The summed E-state index contributed by atoms with van der Waals surface area (Å²) in [4.78, 5) is 25.0. The number of aromatic carboxylic acids is 1. The number of anilines is 1. The summed E-state index contributed by atoms with van der Waals surface area (Å²) >= 11 is 6.72. The Kier molecular flexibility index (Phi) is 5.37. The van der Waals surface area contributed by atoms with Gasteiger partial charge in [-0.05, 0) is 87.5 Å². The maximum Gasteiger partial charge on any atom is 0.335 e. The monoisotopic (exact) mass is 547 g/mol. The number of aromatic nitrogens is 4. The standard InChI is InChI=1S/C31H22ClN5O3/c1-17-2-3-21(12-23(17)29(38)39)26-15-31(26)25-13-24(27(32)14-28(25)34-30(31)40)20-6-4-18(5-7-20)19-8-10-22(11-9-19)37-16-33-35-36-37/h2-14,16,26H,15H2,1H3,(H,34,40)(H,38,39). The number of fused-ring (bicyclic) bond motifs is 2. The summed E-state index contributed by atoms with van der Waals surface area (Å²) < 4.78 is 1.60. The number of carbonyl (C=O) groups excluding carboxylic acids is 1. The van der Waals surface area contributed by atoms with Crippen LogP contribution in [0.4, 0.5) is 5.69 Å². The molecule has 1 amide bonds. The Bertz CT molecular complexity index is 1820. The Hall–Kier alpha value is -4.82. The third-order valence-electron chi connectivity index (χ3n) is 8.11. The number of hydrogen-bond acceptors (Lipinski definition) is 5. The third kappa shape index (κ3) is 3.71. The molecule has 0 bridgehead atoms. The summed E-state index contributed by atoms with van der Waals surface area (Å²) in [5.41, 5.74) is 7.48. The molecular weight excluding hydrogens is 526 g/mol. The van der Waals surface area contributed by atoms with Crippen LogP contribution < -0.4 is 5.32 Å². The van der Waals surface area contributed by atoms with Crippen LogP contribution in [0.3, 0.4) is 0 Å². The van der Waals surface area contributed by atoms with Gasteiger partial charge in [0.1, 0.15) is 6.33 Å². The second-order valence-electron chi connectivity index (χ2n) is 10.3. The van der Waals surface area contributed by atoms with Gasteiger partial charge in [-0.25, -0.2) is 9.48 Å². The first kappa shape index (κ1) is 24.2. The lowest BCUT2D eigenvalue weighted by Gasteiger charge is -2.13. The number of amides is 1. The van der Waals surface area contributed by atoms with Gasteiger partial charge >= 0.3 is 5.97 Å². The van der Waals surface area contributed by atoms with Crippen molar-refractivity contribution >= 4 is 29.2 Å². The average molecular weight is 548 g/mol. The first-order chi connectivity index (χ1) is 19.3. The molecule has 2 heterocycles. The zero-order valence-corrected chi connectivity index (χ0v) is 22.1. The minimum atomic E-state index is -0.966. The Morgan fingerprint density at radius 1 is 1.00 bits per heavy atom. The lowest BCUT2D eigenvalue weighted by Crippen LogP contribution is -2.21. The van der Waals surface area contributed by atoms with Gasteiger partial charge < -0.3 is 10.4 Å². The molecule has 1 aliphatic heterocycles. The van der Waals surface area contributed by atoms with Crippen LogP contribution in [0, 0.1) is 6.92 Å². The Labute approximate surface area is 234 Å². The van der Waals surface area contributed by atoms with Gasteiger partial charge in [0.05, 0.1) is 21.7 Å². The highest BCUT2D eigenvalue weighted by molar-refractivity contribution is 6.34. The summed E-state index contributed by atoms with van der Waals surface area (Å²) in [6.45, 7) is 1.78. The molecule has 9 heteroatoms. The lowest BCUT2D eigenvalue weighted by molar-refractivity contribution is -0.118. The van der Waals surface area contributed by atoms with Crippen molar-refractivity contribution in [2.75, 3.05) is 5.32 Å². The molecule has 2 aliphatic rings. The lowest BCUT2D eigenvalue weighted by atomic mass is 9.89. The highest BCUT2D eigenvalue weighted by atomic mass is 35.5. The van der Waals surface area contributed by atoms with E-state index in [1.807, 2.05) is 72.8 Å². The summed E-state index contributed by atoms with van der Waals surface area (Å²) in [6, 6.07) is 25.4. The van der Waals surface area contributed by atoms with E-state index < -0.39 is 11.4 Å². The van der Waals surface area contributed by atoms with Crippen LogP contribution in [0.1, 0.15) is 39.4 Å². The van der Waals surface area contributed by atoms with Gasteiger partial charge in [0.2, 0.25) is 5.91 Å².